The minimum atomic E-state index is -0.199. The Morgan fingerprint density at radius 3 is 2.69 bits per heavy atom. The molecule has 2 aromatic rings. The van der Waals surface area contributed by atoms with Gasteiger partial charge < -0.3 is 5.32 Å². The van der Waals surface area contributed by atoms with Crippen LogP contribution >= 0.6 is 0 Å². The number of hydrogen-bond acceptors (Lipinski definition) is 3. The van der Waals surface area contributed by atoms with E-state index >= 15 is 0 Å². The maximum atomic E-state index is 14.4. The Morgan fingerprint density at radius 1 is 1.23 bits per heavy atom. The highest BCUT2D eigenvalue weighted by atomic mass is 19.1. The van der Waals surface area contributed by atoms with Crippen molar-refractivity contribution in [1.82, 2.24) is 10.6 Å². The number of halogens is 1. The van der Waals surface area contributed by atoms with E-state index in [1.807, 2.05) is 42.5 Å². The van der Waals surface area contributed by atoms with E-state index in [2.05, 4.69) is 22.5 Å². The molecule has 0 saturated heterocycles. The van der Waals surface area contributed by atoms with Crippen molar-refractivity contribution >= 4 is 11.9 Å². The molecule has 26 heavy (non-hydrogen) atoms. The summed E-state index contributed by atoms with van der Waals surface area (Å²) in [6.07, 6.45) is 0.915. The van der Waals surface area contributed by atoms with E-state index in [1.54, 1.807) is 6.07 Å². The van der Waals surface area contributed by atoms with Gasteiger partial charge in [-0.05, 0) is 41.5 Å². The van der Waals surface area contributed by atoms with Gasteiger partial charge in [0, 0.05) is 12.5 Å². The molecule has 1 fully saturated rings. The number of nitrogens with one attached hydrogen (secondary N) is 2. The molecule has 0 spiro atoms. The number of nitrogens with zero attached hydrogens (tertiary/aromatic N) is 1. The molecule has 5 heteroatoms. The van der Waals surface area contributed by atoms with Crippen LogP contribution in [0.1, 0.15) is 31.7 Å². The van der Waals surface area contributed by atoms with E-state index in [9.17, 15) is 9.18 Å². The molecule has 4 rings (SSSR count). The zero-order valence-corrected chi connectivity index (χ0v) is 14.9. The van der Waals surface area contributed by atoms with Crippen LogP contribution in [0.25, 0.3) is 11.1 Å². The molecule has 1 amide bonds. The van der Waals surface area contributed by atoms with Crippen LogP contribution in [-0.4, -0.2) is 24.0 Å². The Morgan fingerprint density at radius 2 is 2.00 bits per heavy atom. The van der Waals surface area contributed by atoms with Gasteiger partial charge in [-0.25, -0.2) is 9.38 Å². The van der Waals surface area contributed by atoms with Gasteiger partial charge in [-0.1, -0.05) is 43.3 Å². The monoisotopic (exact) mass is 351 g/mol. The van der Waals surface area contributed by atoms with Crippen LogP contribution in [0.3, 0.4) is 0 Å². The molecule has 0 aromatic heterocycles. The Bertz CT molecular complexity index is 865. The number of rotatable bonds is 2. The number of carbonyl (C=O) groups excluding carboxylic acids is 1. The molecule has 1 aliphatic heterocycles. The lowest BCUT2D eigenvalue weighted by molar-refractivity contribution is -0.117. The summed E-state index contributed by atoms with van der Waals surface area (Å²) in [6.45, 7) is 3.66. The second kappa shape index (κ2) is 6.56. The predicted octanol–water partition coefficient (Wildman–Crippen LogP) is 3.45. The molecule has 1 saturated carbocycles. The average Bonchev–Trinajstić information content (AvgIpc) is 3.14. The van der Waals surface area contributed by atoms with Gasteiger partial charge in [0.1, 0.15) is 5.82 Å². The molecule has 0 bridgehead atoms. The highest BCUT2D eigenvalue weighted by molar-refractivity contribution is 5.97. The third kappa shape index (κ3) is 2.98. The number of fused-ring (bicyclic) bond motifs is 1. The SMILES string of the molecule is CC(=O)NC1=NC2C(C[C@H](c3ccc(F)c(-c4ccccc4)c3)[C@@H]2C)N1. The number of carbonyl (C=O) groups is 1. The fourth-order valence-electron chi connectivity index (χ4n) is 4.23. The molecule has 2 N–H and O–H groups in total. The minimum absolute atomic E-state index is 0.119. The topological polar surface area (TPSA) is 53.5 Å². The van der Waals surface area contributed by atoms with Crippen LogP contribution in [0.15, 0.2) is 53.5 Å². The van der Waals surface area contributed by atoms with Gasteiger partial charge in [-0.15, -0.1) is 0 Å². The normalized spacial score (nSPS) is 26.8. The maximum absolute atomic E-state index is 14.4. The summed E-state index contributed by atoms with van der Waals surface area (Å²) in [7, 11) is 0. The lowest BCUT2D eigenvalue weighted by Crippen LogP contribution is -2.41. The zero-order valence-electron chi connectivity index (χ0n) is 14.9. The quantitative estimate of drug-likeness (QED) is 0.871. The van der Waals surface area contributed by atoms with E-state index < -0.39 is 0 Å². The van der Waals surface area contributed by atoms with Gasteiger partial charge in [-0.3, -0.25) is 10.1 Å². The van der Waals surface area contributed by atoms with E-state index in [0.717, 1.165) is 17.5 Å². The van der Waals surface area contributed by atoms with E-state index in [-0.39, 0.29) is 23.8 Å². The minimum Gasteiger partial charge on any atom is -0.351 e. The summed E-state index contributed by atoms with van der Waals surface area (Å²) in [5, 5.41) is 6.05. The fraction of sp³-hybridized carbons (Fsp3) is 0.333. The number of hydrogen-bond donors (Lipinski definition) is 2. The van der Waals surface area contributed by atoms with Crippen molar-refractivity contribution in [2.75, 3.05) is 0 Å². The highest BCUT2D eigenvalue weighted by Gasteiger charge is 2.45. The number of benzene rings is 2. The number of amides is 1. The fourth-order valence-corrected chi connectivity index (χ4v) is 4.23. The molecule has 2 unspecified atom stereocenters. The Labute approximate surface area is 152 Å². The summed E-state index contributed by atoms with van der Waals surface area (Å²) >= 11 is 0. The molecule has 1 aliphatic carbocycles. The van der Waals surface area contributed by atoms with Crippen LogP contribution in [0, 0.1) is 11.7 Å². The van der Waals surface area contributed by atoms with Crippen LogP contribution in [-0.2, 0) is 4.79 Å². The molecule has 134 valence electrons. The summed E-state index contributed by atoms with van der Waals surface area (Å²) in [5.41, 5.74) is 2.68. The zero-order chi connectivity index (χ0) is 18.3. The third-order valence-electron chi connectivity index (χ3n) is 5.49. The Kier molecular flexibility index (Phi) is 4.23. The molecular weight excluding hydrogens is 329 g/mol. The van der Waals surface area contributed by atoms with Gasteiger partial charge in [0.2, 0.25) is 5.91 Å². The van der Waals surface area contributed by atoms with Gasteiger partial charge in [0.05, 0.1) is 12.1 Å². The first kappa shape index (κ1) is 16.8. The van der Waals surface area contributed by atoms with Crippen LogP contribution < -0.4 is 10.6 Å². The number of aliphatic imine (C=N–C) groups is 1. The molecule has 4 nitrogen and oxygen atoms in total. The molecule has 2 aliphatic rings. The van der Waals surface area contributed by atoms with Gasteiger partial charge in [0.25, 0.3) is 0 Å². The van der Waals surface area contributed by atoms with E-state index in [4.69, 9.17) is 0 Å². The van der Waals surface area contributed by atoms with Gasteiger partial charge in [0.15, 0.2) is 5.96 Å². The van der Waals surface area contributed by atoms with Crippen LogP contribution in [0.2, 0.25) is 0 Å². The van der Waals surface area contributed by atoms with Crippen molar-refractivity contribution < 1.29 is 9.18 Å². The van der Waals surface area contributed by atoms with Crippen LogP contribution in [0.5, 0.6) is 0 Å². The second-order valence-electron chi connectivity index (χ2n) is 7.21. The third-order valence-corrected chi connectivity index (χ3v) is 5.49. The van der Waals surface area contributed by atoms with Crippen molar-refractivity contribution in [1.29, 1.82) is 0 Å². The molecule has 0 radical (unpaired) electrons. The first-order valence-corrected chi connectivity index (χ1v) is 8.99. The lowest BCUT2D eigenvalue weighted by atomic mass is 9.87. The molecule has 1 heterocycles. The smallest absolute Gasteiger partial charge is 0.223 e. The highest BCUT2D eigenvalue weighted by Crippen LogP contribution is 2.43. The Balaban J connectivity index is 1.60. The maximum Gasteiger partial charge on any atom is 0.223 e. The van der Waals surface area contributed by atoms with Crippen LogP contribution in [0.4, 0.5) is 4.39 Å². The van der Waals surface area contributed by atoms with Crippen molar-refractivity contribution in [2.24, 2.45) is 10.9 Å². The summed E-state index contributed by atoms with van der Waals surface area (Å²) in [4.78, 5) is 15.9. The van der Waals surface area contributed by atoms with Crippen molar-refractivity contribution in [3.63, 3.8) is 0 Å². The van der Waals surface area contributed by atoms with Gasteiger partial charge in [-0.2, -0.15) is 0 Å². The van der Waals surface area contributed by atoms with Crippen molar-refractivity contribution in [3.05, 3.63) is 59.9 Å². The van der Waals surface area contributed by atoms with Crippen molar-refractivity contribution in [2.45, 2.75) is 38.3 Å². The van der Waals surface area contributed by atoms with E-state index in [0.29, 0.717) is 23.4 Å². The lowest BCUT2D eigenvalue weighted by Gasteiger charge is -2.19. The average molecular weight is 351 g/mol. The first-order valence-electron chi connectivity index (χ1n) is 8.99. The summed E-state index contributed by atoms with van der Waals surface area (Å²) in [6, 6.07) is 15.4. The molecular formula is C21H22FN3O. The Hall–Kier alpha value is -2.69. The first-order chi connectivity index (χ1) is 12.5. The second-order valence-corrected chi connectivity index (χ2v) is 7.21. The number of guanidine groups is 1. The molecule has 2 aromatic carbocycles. The largest absolute Gasteiger partial charge is 0.351 e. The van der Waals surface area contributed by atoms with Gasteiger partial charge >= 0.3 is 0 Å². The van der Waals surface area contributed by atoms with Crippen molar-refractivity contribution in [3.8, 4) is 11.1 Å². The van der Waals surface area contributed by atoms with E-state index in [1.165, 1.54) is 6.92 Å². The standard InChI is InChI=1S/C21H22FN3O/c1-12-16(11-19-20(12)25-21(24-19)23-13(2)26)15-8-9-18(22)17(10-15)14-6-4-3-5-7-14/h3-10,12,16,19-20H,11H2,1-2H3,(H2,23,24,25,26)/t12-,16-,19?,20?/m0/s1. The summed E-state index contributed by atoms with van der Waals surface area (Å²) < 4.78 is 14.4. The molecule has 4 atom stereocenters. The predicted molar refractivity (Wildman–Crippen MR) is 100 cm³/mol. The summed E-state index contributed by atoms with van der Waals surface area (Å²) in [5.74, 6) is 0.874.